The molecule has 0 aliphatic rings. The van der Waals surface area contributed by atoms with Crippen molar-refractivity contribution in [1.29, 1.82) is 5.26 Å². The zero-order chi connectivity index (χ0) is 17.4. The van der Waals surface area contributed by atoms with E-state index >= 15 is 0 Å². The van der Waals surface area contributed by atoms with Gasteiger partial charge in [0.05, 0.1) is 11.3 Å². The summed E-state index contributed by atoms with van der Waals surface area (Å²) in [5.74, 6) is -0.571. The summed E-state index contributed by atoms with van der Waals surface area (Å²) in [6.07, 6.45) is 0. The van der Waals surface area contributed by atoms with Crippen molar-refractivity contribution in [3.8, 4) is 6.07 Å². The maximum atomic E-state index is 12.0. The van der Waals surface area contributed by atoms with E-state index in [-0.39, 0.29) is 18.3 Å². The summed E-state index contributed by atoms with van der Waals surface area (Å²) in [5, 5.41) is 11.3. The van der Waals surface area contributed by atoms with Gasteiger partial charge in [0, 0.05) is 10.6 Å². The first-order chi connectivity index (χ1) is 11.6. The number of aryl methyl sites for hydroxylation is 1. The summed E-state index contributed by atoms with van der Waals surface area (Å²) in [5.41, 5.74) is 2.20. The number of anilines is 1. The lowest BCUT2D eigenvalue weighted by atomic mass is 10.2. The van der Waals surface area contributed by atoms with E-state index in [1.807, 2.05) is 31.2 Å². The monoisotopic (exact) mass is 340 g/mol. The fourth-order valence-corrected chi connectivity index (χ4v) is 2.75. The van der Waals surface area contributed by atoms with E-state index in [0.717, 1.165) is 11.3 Å². The van der Waals surface area contributed by atoms with E-state index in [1.54, 1.807) is 30.3 Å². The maximum Gasteiger partial charge on any atom is 0.340 e. The summed E-state index contributed by atoms with van der Waals surface area (Å²) in [6, 6.07) is 16.1. The minimum absolute atomic E-state index is 0.163. The number of hydrogen-bond donors (Lipinski definition) is 1. The highest BCUT2D eigenvalue weighted by molar-refractivity contribution is 8.00. The molecular weight excluding hydrogens is 324 g/mol. The van der Waals surface area contributed by atoms with Gasteiger partial charge in [0.15, 0.2) is 6.61 Å². The largest absolute Gasteiger partial charge is 0.447 e. The molecule has 0 bridgehead atoms. The van der Waals surface area contributed by atoms with E-state index in [4.69, 9.17) is 10.00 Å². The summed E-state index contributed by atoms with van der Waals surface area (Å²) in [4.78, 5) is 24.6. The topological polar surface area (TPSA) is 79.2 Å². The smallest absolute Gasteiger partial charge is 0.340 e. The van der Waals surface area contributed by atoms with Gasteiger partial charge in [-0.3, -0.25) is 4.79 Å². The number of esters is 1. The molecule has 0 spiro atoms. The first kappa shape index (κ1) is 17.6. The van der Waals surface area contributed by atoms with Crippen LogP contribution in [0.5, 0.6) is 0 Å². The second kappa shape index (κ2) is 8.75. The van der Waals surface area contributed by atoms with Crippen LogP contribution in [-0.4, -0.2) is 24.2 Å². The fourth-order valence-electron chi connectivity index (χ4n) is 1.91. The molecule has 0 unspecified atom stereocenters. The van der Waals surface area contributed by atoms with Gasteiger partial charge in [-0.25, -0.2) is 4.79 Å². The fraction of sp³-hybridized carbons (Fsp3) is 0.167. The molecule has 0 saturated carbocycles. The molecule has 2 aromatic rings. The molecule has 24 heavy (non-hydrogen) atoms. The van der Waals surface area contributed by atoms with Gasteiger partial charge in [-0.1, -0.05) is 29.8 Å². The molecule has 2 aromatic carbocycles. The molecule has 1 N–H and O–H groups in total. The standard InChI is InChI=1S/C18H16N2O3S/c1-13-6-8-14(9-7-13)20-17(21)12-24-16-5-3-2-4-15(16)18(22)23-11-10-19/h2-9H,11-12H2,1H3,(H,20,21). The minimum atomic E-state index is -0.571. The van der Waals surface area contributed by atoms with Gasteiger partial charge in [-0.2, -0.15) is 5.26 Å². The predicted molar refractivity (Wildman–Crippen MR) is 92.9 cm³/mol. The van der Waals surface area contributed by atoms with Crippen molar-refractivity contribution in [3.63, 3.8) is 0 Å². The molecule has 0 aliphatic heterocycles. The SMILES string of the molecule is Cc1ccc(NC(=O)CSc2ccccc2C(=O)OCC#N)cc1. The van der Waals surface area contributed by atoms with Crippen LogP contribution >= 0.6 is 11.8 Å². The normalized spacial score (nSPS) is 9.83. The third-order valence-corrected chi connectivity index (χ3v) is 4.14. The van der Waals surface area contributed by atoms with E-state index in [0.29, 0.717) is 10.5 Å². The first-order valence-corrected chi connectivity index (χ1v) is 8.21. The van der Waals surface area contributed by atoms with Gasteiger partial charge in [0.1, 0.15) is 6.07 Å². The average Bonchev–Trinajstić information content (AvgIpc) is 2.60. The first-order valence-electron chi connectivity index (χ1n) is 7.22. The summed E-state index contributed by atoms with van der Waals surface area (Å²) < 4.78 is 4.82. The predicted octanol–water partition coefficient (Wildman–Crippen LogP) is 3.41. The second-order valence-electron chi connectivity index (χ2n) is 4.93. The Bertz CT molecular complexity index is 767. The second-order valence-corrected chi connectivity index (χ2v) is 5.95. The molecule has 2 rings (SSSR count). The number of amides is 1. The van der Waals surface area contributed by atoms with Crippen molar-refractivity contribution in [1.82, 2.24) is 0 Å². The quantitative estimate of drug-likeness (QED) is 0.644. The number of thioether (sulfide) groups is 1. The molecule has 0 radical (unpaired) electrons. The molecule has 5 nitrogen and oxygen atoms in total. The van der Waals surface area contributed by atoms with E-state index in [9.17, 15) is 9.59 Å². The Balaban J connectivity index is 1.96. The molecule has 0 fully saturated rings. The van der Waals surface area contributed by atoms with Crippen LogP contribution < -0.4 is 5.32 Å². The van der Waals surface area contributed by atoms with Gasteiger partial charge in [0.2, 0.25) is 5.91 Å². The molecule has 0 saturated heterocycles. The Labute approximate surface area is 144 Å². The molecule has 122 valence electrons. The van der Waals surface area contributed by atoms with Crippen LogP contribution in [0.3, 0.4) is 0 Å². The highest BCUT2D eigenvalue weighted by Crippen LogP contribution is 2.23. The van der Waals surface area contributed by atoms with Crippen LogP contribution in [0.15, 0.2) is 53.4 Å². The number of hydrogen-bond acceptors (Lipinski definition) is 5. The van der Waals surface area contributed by atoms with E-state index in [1.165, 1.54) is 11.8 Å². The Kier molecular flexibility index (Phi) is 6.41. The van der Waals surface area contributed by atoms with Crippen molar-refractivity contribution >= 4 is 29.3 Å². The number of benzene rings is 2. The molecular formula is C18H16N2O3S. The Morgan fingerprint density at radius 3 is 2.58 bits per heavy atom. The Morgan fingerprint density at radius 2 is 1.88 bits per heavy atom. The number of carbonyl (C=O) groups is 2. The molecule has 1 amide bonds. The van der Waals surface area contributed by atoms with Crippen molar-refractivity contribution in [3.05, 3.63) is 59.7 Å². The van der Waals surface area contributed by atoms with Crippen LogP contribution in [0.4, 0.5) is 5.69 Å². The Morgan fingerprint density at radius 1 is 1.17 bits per heavy atom. The number of nitrogens with zero attached hydrogens (tertiary/aromatic N) is 1. The molecule has 0 atom stereocenters. The summed E-state index contributed by atoms with van der Waals surface area (Å²) in [7, 11) is 0. The van der Waals surface area contributed by atoms with Crippen molar-refractivity contribution < 1.29 is 14.3 Å². The lowest BCUT2D eigenvalue weighted by molar-refractivity contribution is -0.113. The van der Waals surface area contributed by atoms with E-state index < -0.39 is 5.97 Å². The van der Waals surface area contributed by atoms with Crippen LogP contribution in [0.25, 0.3) is 0 Å². The lowest BCUT2D eigenvalue weighted by Crippen LogP contribution is -2.14. The number of nitrogens with one attached hydrogen (secondary N) is 1. The number of carbonyl (C=O) groups excluding carboxylic acids is 2. The minimum Gasteiger partial charge on any atom is -0.447 e. The molecule has 0 aromatic heterocycles. The third-order valence-electron chi connectivity index (χ3n) is 3.07. The summed E-state index contributed by atoms with van der Waals surface area (Å²) >= 11 is 1.24. The van der Waals surface area contributed by atoms with Gasteiger partial charge in [-0.15, -0.1) is 11.8 Å². The van der Waals surface area contributed by atoms with Crippen molar-refractivity contribution in [2.24, 2.45) is 0 Å². The van der Waals surface area contributed by atoms with Crippen molar-refractivity contribution in [2.45, 2.75) is 11.8 Å². The van der Waals surface area contributed by atoms with Gasteiger partial charge >= 0.3 is 5.97 Å². The van der Waals surface area contributed by atoms with E-state index in [2.05, 4.69) is 5.32 Å². The number of rotatable bonds is 6. The Hall–Kier alpha value is -2.78. The lowest BCUT2D eigenvalue weighted by Gasteiger charge is -2.08. The molecule has 0 heterocycles. The van der Waals surface area contributed by atoms with Crippen LogP contribution in [0, 0.1) is 18.3 Å². The summed E-state index contributed by atoms with van der Waals surface area (Å²) in [6.45, 7) is 1.68. The van der Waals surface area contributed by atoms with Crippen LogP contribution in [-0.2, 0) is 9.53 Å². The zero-order valence-electron chi connectivity index (χ0n) is 13.1. The average molecular weight is 340 g/mol. The van der Waals surface area contributed by atoms with Crippen LogP contribution in [0.2, 0.25) is 0 Å². The van der Waals surface area contributed by atoms with Crippen LogP contribution in [0.1, 0.15) is 15.9 Å². The number of nitriles is 1. The van der Waals surface area contributed by atoms with Gasteiger partial charge < -0.3 is 10.1 Å². The maximum absolute atomic E-state index is 12.0. The highest BCUT2D eigenvalue weighted by Gasteiger charge is 2.14. The number of ether oxygens (including phenoxy) is 1. The molecule has 6 heteroatoms. The van der Waals surface area contributed by atoms with Gasteiger partial charge in [-0.05, 0) is 31.2 Å². The van der Waals surface area contributed by atoms with Gasteiger partial charge in [0.25, 0.3) is 0 Å². The van der Waals surface area contributed by atoms with Crippen molar-refractivity contribution in [2.75, 3.05) is 17.7 Å². The molecule has 0 aliphatic carbocycles. The third kappa shape index (κ3) is 5.14. The zero-order valence-corrected chi connectivity index (χ0v) is 13.9. The highest BCUT2D eigenvalue weighted by atomic mass is 32.2.